The van der Waals surface area contributed by atoms with Crippen molar-refractivity contribution in [1.82, 2.24) is 0 Å². The van der Waals surface area contributed by atoms with E-state index < -0.39 is 11.4 Å². The Hall–Kier alpha value is -0.680. The van der Waals surface area contributed by atoms with Crippen molar-refractivity contribution >= 4 is 0 Å². The first-order valence-corrected chi connectivity index (χ1v) is 11.0. The standard InChI is InChI=1S/C23H32O4/c1-20(2)26-19-17-14(13-24)8-9-16-18(21(25)10-4-3-5-11-21)15-7-6-12-22(19,27-20)23(15,16)17/h8-9,15-16,18-19,24-25H,3-7,10-13H2,1-2H3/t15-,16-,18-,19+,22+,23-/m1/s1. The first-order valence-electron chi connectivity index (χ1n) is 11.0. The Balaban J connectivity index is 1.49. The van der Waals surface area contributed by atoms with Gasteiger partial charge in [0, 0.05) is 5.41 Å². The van der Waals surface area contributed by atoms with Crippen LogP contribution in [0.15, 0.2) is 23.3 Å². The summed E-state index contributed by atoms with van der Waals surface area (Å²) >= 11 is 0. The molecular weight excluding hydrogens is 340 g/mol. The molecule has 6 atom stereocenters. The number of ether oxygens (including phenoxy) is 2. The summed E-state index contributed by atoms with van der Waals surface area (Å²) in [5.41, 5.74) is 1.52. The molecule has 6 aliphatic rings. The Morgan fingerprint density at radius 2 is 1.89 bits per heavy atom. The molecule has 6 rings (SSSR count). The molecule has 1 saturated heterocycles. The van der Waals surface area contributed by atoms with Crippen molar-refractivity contribution in [2.24, 2.45) is 23.2 Å². The second-order valence-electron chi connectivity index (χ2n) is 10.4. The zero-order chi connectivity index (χ0) is 18.7. The van der Waals surface area contributed by atoms with Crippen LogP contribution in [0.4, 0.5) is 0 Å². The van der Waals surface area contributed by atoms with Gasteiger partial charge in [-0.2, -0.15) is 0 Å². The fraction of sp³-hybridized carbons (Fsp3) is 0.826. The Kier molecular flexibility index (Phi) is 3.23. The molecule has 0 bridgehead atoms. The molecule has 0 radical (unpaired) electrons. The SMILES string of the molecule is CC1(C)O[C@H]2C3=C(CO)C=C[C@@H]4[C@H](C5(O)CCCCC5)[C@H]5CCC[C@@]2(O1)[C@@]345. The summed E-state index contributed by atoms with van der Waals surface area (Å²) in [6.45, 7) is 4.12. The lowest BCUT2D eigenvalue weighted by Gasteiger charge is -2.80. The van der Waals surface area contributed by atoms with Crippen LogP contribution in [0.2, 0.25) is 0 Å². The van der Waals surface area contributed by atoms with Crippen LogP contribution in [-0.4, -0.2) is 39.9 Å². The maximum absolute atomic E-state index is 11.7. The highest BCUT2D eigenvalue weighted by Gasteiger charge is 2.87. The molecule has 4 heteroatoms. The largest absolute Gasteiger partial charge is 0.392 e. The van der Waals surface area contributed by atoms with Crippen molar-refractivity contribution in [1.29, 1.82) is 0 Å². The van der Waals surface area contributed by atoms with Crippen molar-refractivity contribution < 1.29 is 19.7 Å². The number of aliphatic hydroxyl groups excluding tert-OH is 1. The molecule has 4 saturated carbocycles. The van der Waals surface area contributed by atoms with Gasteiger partial charge in [-0.25, -0.2) is 0 Å². The van der Waals surface area contributed by atoms with Crippen LogP contribution < -0.4 is 0 Å². The number of rotatable bonds is 2. The van der Waals surface area contributed by atoms with Crippen LogP contribution in [0.1, 0.15) is 65.2 Å². The molecule has 5 fully saturated rings. The van der Waals surface area contributed by atoms with Crippen molar-refractivity contribution in [3.8, 4) is 0 Å². The molecule has 2 spiro atoms. The zero-order valence-corrected chi connectivity index (χ0v) is 16.5. The lowest BCUT2D eigenvalue weighted by molar-refractivity contribution is -0.321. The third kappa shape index (κ3) is 1.73. The molecule has 148 valence electrons. The minimum Gasteiger partial charge on any atom is -0.392 e. The molecule has 2 N–H and O–H groups in total. The Labute approximate surface area is 161 Å². The average Bonchev–Trinajstić information content (AvgIpc) is 2.82. The average molecular weight is 373 g/mol. The van der Waals surface area contributed by atoms with Gasteiger partial charge in [-0.1, -0.05) is 37.8 Å². The molecular formula is C23H32O4. The third-order valence-electron chi connectivity index (χ3n) is 9.02. The first kappa shape index (κ1) is 17.2. The van der Waals surface area contributed by atoms with Gasteiger partial charge in [-0.15, -0.1) is 0 Å². The van der Waals surface area contributed by atoms with Gasteiger partial charge >= 0.3 is 0 Å². The minimum absolute atomic E-state index is 0.0214. The van der Waals surface area contributed by atoms with E-state index in [1.54, 1.807) is 0 Å². The van der Waals surface area contributed by atoms with Crippen LogP contribution in [0.5, 0.6) is 0 Å². The predicted molar refractivity (Wildman–Crippen MR) is 101 cm³/mol. The van der Waals surface area contributed by atoms with E-state index in [-0.39, 0.29) is 23.7 Å². The fourth-order valence-corrected chi connectivity index (χ4v) is 8.52. The molecule has 0 unspecified atom stereocenters. The zero-order valence-electron chi connectivity index (χ0n) is 16.5. The summed E-state index contributed by atoms with van der Waals surface area (Å²) < 4.78 is 13.1. The number of hydrogen-bond donors (Lipinski definition) is 2. The van der Waals surface area contributed by atoms with Crippen molar-refractivity contribution in [2.45, 2.75) is 88.3 Å². The molecule has 0 aromatic heterocycles. The molecule has 4 nitrogen and oxygen atoms in total. The van der Waals surface area contributed by atoms with E-state index in [1.807, 2.05) is 13.8 Å². The molecule has 0 aromatic rings. The predicted octanol–water partition coefficient (Wildman–Crippen LogP) is 3.48. The number of aliphatic hydroxyl groups is 2. The maximum atomic E-state index is 11.7. The van der Waals surface area contributed by atoms with Crippen molar-refractivity contribution in [2.75, 3.05) is 6.61 Å². The van der Waals surface area contributed by atoms with Gasteiger partial charge in [0.15, 0.2) is 5.79 Å². The van der Waals surface area contributed by atoms with E-state index in [2.05, 4.69) is 12.2 Å². The van der Waals surface area contributed by atoms with E-state index in [0.717, 1.165) is 50.5 Å². The van der Waals surface area contributed by atoms with E-state index in [0.29, 0.717) is 17.8 Å². The van der Waals surface area contributed by atoms with Gasteiger partial charge in [-0.3, -0.25) is 0 Å². The number of fused-ring (bicyclic) bond motifs is 1. The van der Waals surface area contributed by atoms with Gasteiger partial charge in [0.2, 0.25) is 0 Å². The topological polar surface area (TPSA) is 58.9 Å². The van der Waals surface area contributed by atoms with Gasteiger partial charge in [-0.05, 0) is 68.4 Å². The highest BCUT2D eigenvalue weighted by Crippen LogP contribution is 2.83. The van der Waals surface area contributed by atoms with Crippen LogP contribution in [0.3, 0.4) is 0 Å². The van der Waals surface area contributed by atoms with E-state index in [4.69, 9.17) is 9.47 Å². The van der Waals surface area contributed by atoms with Crippen LogP contribution in [0.25, 0.3) is 0 Å². The van der Waals surface area contributed by atoms with E-state index in [1.165, 1.54) is 12.0 Å². The first-order chi connectivity index (χ1) is 12.9. The third-order valence-corrected chi connectivity index (χ3v) is 9.02. The smallest absolute Gasteiger partial charge is 0.164 e. The Bertz CT molecular complexity index is 745. The summed E-state index contributed by atoms with van der Waals surface area (Å²) in [7, 11) is 0. The second-order valence-corrected chi connectivity index (χ2v) is 10.4. The molecule has 27 heavy (non-hydrogen) atoms. The number of hydrogen-bond acceptors (Lipinski definition) is 4. The fourth-order valence-electron chi connectivity index (χ4n) is 8.52. The summed E-state index contributed by atoms with van der Waals surface area (Å²) in [5, 5.41) is 21.7. The second kappa shape index (κ2) is 5.08. The highest BCUT2D eigenvalue weighted by atomic mass is 16.8. The van der Waals surface area contributed by atoms with Gasteiger partial charge in [0.1, 0.15) is 11.7 Å². The molecule has 0 aromatic carbocycles. The Morgan fingerprint density at radius 3 is 2.63 bits per heavy atom. The summed E-state index contributed by atoms with van der Waals surface area (Å²) in [4.78, 5) is 0. The minimum atomic E-state index is -0.580. The Morgan fingerprint density at radius 1 is 1.11 bits per heavy atom. The lowest BCUT2D eigenvalue weighted by atomic mass is 9.25. The van der Waals surface area contributed by atoms with Gasteiger partial charge in [0.25, 0.3) is 0 Å². The summed E-state index contributed by atoms with van der Waals surface area (Å²) in [6.07, 6.45) is 13.2. The molecule has 5 aliphatic carbocycles. The molecule has 1 aliphatic heterocycles. The summed E-state index contributed by atoms with van der Waals surface area (Å²) in [5.74, 6) is 0.526. The highest BCUT2D eigenvalue weighted by molar-refractivity contribution is 5.58. The van der Waals surface area contributed by atoms with Crippen molar-refractivity contribution in [3.63, 3.8) is 0 Å². The van der Waals surface area contributed by atoms with Crippen molar-refractivity contribution in [3.05, 3.63) is 23.3 Å². The molecule has 0 amide bonds. The van der Waals surface area contributed by atoms with E-state index in [9.17, 15) is 10.2 Å². The van der Waals surface area contributed by atoms with Crippen LogP contribution in [-0.2, 0) is 9.47 Å². The van der Waals surface area contributed by atoms with Crippen LogP contribution >= 0.6 is 0 Å². The van der Waals surface area contributed by atoms with Crippen LogP contribution in [0, 0.1) is 23.2 Å². The quantitative estimate of drug-likeness (QED) is 0.779. The number of allylic oxidation sites excluding steroid dienone is 1. The monoisotopic (exact) mass is 372 g/mol. The summed E-state index contributed by atoms with van der Waals surface area (Å²) in [6, 6.07) is 0. The van der Waals surface area contributed by atoms with Gasteiger partial charge < -0.3 is 19.7 Å². The molecule has 1 heterocycles. The maximum Gasteiger partial charge on any atom is 0.164 e. The van der Waals surface area contributed by atoms with Gasteiger partial charge in [0.05, 0.1) is 12.2 Å². The van der Waals surface area contributed by atoms with E-state index >= 15 is 0 Å². The lowest BCUT2D eigenvalue weighted by Crippen LogP contribution is -2.84. The normalized spacial score (nSPS) is 51.0.